The van der Waals surface area contributed by atoms with Crippen LogP contribution in [0.15, 0.2) is 0 Å². The summed E-state index contributed by atoms with van der Waals surface area (Å²) in [5.41, 5.74) is 0. The third-order valence-corrected chi connectivity index (χ3v) is 2.92. The lowest BCUT2D eigenvalue weighted by atomic mass is 9.79. The predicted molar refractivity (Wildman–Crippen MR) is 50.8 cm³/mol. The van der Waals surface area contributed by atoms with Gasteiger partial charge in [-0.25, -0.2) is 0 Å². The summed E-state index contributed by atoms with van der Waals surface area (Å²) >= 11 is 0. The zero-order valence-electron chi connectivity index (χ0n) is 8.99. The monoisotopic (exact) mass is 214 g/mol. The highest BCUT2D eigenvalue weighted by Gasteiger charge is 2.34. The second-order valence-electron chi connectivity index (χ2n) is 4.09. The average molecular weight is 214 g/mol. The van der Waals surface area contributed by atoms with Crippen LogP contribution in [0.25, 0.3) is 0 Å². The van der Waals surface area contributed by atoms with Gasteiger partial charge in [0, 0.05) is 6.04 Å². The molecule has 0 aromatic rings. The largest absolute Gasteiger partial charge is 0.530 e. The van der Waals surface area contributed by atoms with E-state index in [0.29, 0.717) is 18.8 Å². The Morgan fingerprint density at radius 2 is 2.07 bits per heavy atom. The number of carbonyl (C=O) groups excluding carboxylic acids is 2. The van der Waals surface area contributed by atoms with Crippen molar-refractivity contribution in [2.24, 2.45) is 11.8 Å². The van der Waals surface area contributed by atoms with Crippen LogP contribution in [0.5, 0.6) is 0 Å². The molecule has 3 atom stereocenters. The molecule has 0 saturated heterocycles. The molecule has 0 bridgehead atoms. The normalized spacial score (nSPS) is 30.7. The van der Waals surface area contributed by atoms with Gasteiger partial charge < -0.3 is 20.0 Å². The van der Waals surface area contributed by atoms with E-state index in [0.717, 1.165) is 6.42 Å². The van der Waals surface area contributed by atoms with E-state index in [1.807, 2.05) is 6.92 Å². The Morgan fingerprint density at radius 3 is 2.60 bits per heavy atom. The maximum absolute atomic E-state index is 11.4. The fraction of sp³-hybridized carbons (Fsp3) is 0.800. The van der Waals surface area contributed by atoms with Crippen molar-refractivity contribution in [2.75, 3.05) is 7.11 Å². The van der Waals surface area contributed by atoms with E-state index in [9.17, 15) is 14.7 Å². The Labute approximate surface area is 88.8 Å². The molecule has 5 nitrogen and oxygen atoms in total. The van der Waals surface area contributed by atoms with Gasteiger partial charge in [-0.2, -0.15) is 0 Å². The van der Waals surface area contributed by atoms with Crippen LogP contribution in [0.1, 0.15) is 26.2 Å². The topological polar surface area (TPSA) is 78.5 Å². The van der Waals surface area contributed by atoms with Gasteiger partial charge in [-0.15, -0.1) is 0 Å². The molecule has 86 valence electrons. The molecule has 0 aromatic heterocycles. The fourth-order valence-electron chi connectivity index (χ4n) is 2.12. The highest BCUT2D eigenvalue weighted by atomic mass is 16.5. The first-order chi connectivity index (χ1) is 7.04. The second kappa shape index (κ2) is 5.00. The molecular formula is C10H16NO4-. The molecule has 1 rings (SSSR count). The van der Waals surface area contributed by atoms with Crippen molar-refractivity contribution in [1.82, 2.24) is 5.32 Å². The molecule has 0 aliphatic heterocycles. The third kappa shape index (κ3) is 3.11. The first-order valence-electron chi connectivity index (χ1n) is 5.10. The van der Waals surface area contributed by atoms with Crippen molar-refractivity contribution < 1.29 is 19.4 Å². The van der Waals surface area contributed by atoms with Crippen LogP contribution in [0.2, 0.25) is 0 Å². The quantitative estimate of drug-likeness (QED) is 0.651. The molecule has 3 unspecified atom stereocenters. The molecule has 0 radical (unpaired) electrons. The minimum atomic E-state index is -1.33. The maximum atomic E-state index is 11.4. The number of methoxy groups -OCH3 is 1. The van der Waals surface area contributed by atoms with Crippen molar-refractivity contribution in [1.29, 1.82) is 0 Å². The van der Waals surface area contributed by atoms with E-state index in [1.54, 1.807) is 0 Å². The SMILES string of the molecule is COC(=O)C1CC(C)CCC1NC(=O)[O-]. The number of carbonyl (C=O) groups is 2. The summed E-state index contributed by atoms with van der Waals surface area (Å²) in [6.45, 7) is 2.05. The number of nitrogens with one attached hydrogen (secondary N) is 1. The zero-order chi connectivity index (χ0) is 11.4. The highest BCUT2D eigenvalue weighted by Crippen LogP contribution is 2.29. The molecule has 5 heteroatoms. The Kier molecular flexibility index (Phi) is 3.94. The minimum Gasteiger partial charge on any atom is -0.530 e. The Morgan fingerprint density at radius 1 is 1.40 bits per heavy atom. The molecule has 1 aliphatic rings. The van der Waals surface area contributed by atoms with Gasteiger partial charge in [-0.05, 0) is 25.2 Å². The lowest BCUT2D eigenvalue weighted by molar-refractivity contribution is -0.252. The average Bonchev–Trinajstić information content (AvgIpc) is 2.19. The third-order valence-electron chi connectivity index (χ3n) is 2.92. The van der Waals surface area contributed by atoms with Gasteiger partial charge in [0.15, 0.2) is 0 Å². The lowest BCUT2D eigenvalue weighted by Gasteiger charge is -2.34. The molecule has 1 N–H and O–H groups in total. The number of hydrogen-bond donors (Lipinski definition) is 1. The number of hydrogen-bond acceptors (Lipinski definition) is 4. The summed E-state index contributed by atoms with van der Waals surface area (Å²) in [7, 11) is 1.32. The smallest absolute Gasteiger partial charge is 0.310 e. The van der Waals surface area contributed by atoms with Gasteiger partial charge >= 0.3 is 5.97 Å². The Hall–Kier alpha value is -1.26. The first-order valence-corrected chi connectivity index (χ1v) is 5.10. The van der Waals surface area contributed by atoms with Crippen LogP contribution in [-0.4, -0.2) is 25.2 Å². The number of esters is 1. The molecular weight excluding hydrogens is 198 g/mol. The van der Waals surface area contributed by atoms with E-state index < -0.39 is 6.09 Å². The van der Waals surface area contributed by atoms with Gasteiger partial charge in [-0.3, -0.25) is 4.79 Å². The van der Waals surface area contributed by atoms with Gasteiger partial charge in [0.1, 0.15) is 6.09 Å². The Balaban J connectivity index is 2.65. The van der Waals surface area contributed by atoms with Crippen molar-refractivity contribution in [2.45, 2.75) is 32.2 Å². The lowest BCUT2D eigenvalue weighted by Crippen LogP contribution is -2.50. The minimum absolute atomic E-state index is 0.347. The number of amides is 1. The van der Waals surface area contributed by atoms with Gasteiger partial charge in [-0.1, -0.05) is 6.92 Å². The molecule has 0 heterocycles. The highest BCUT2D eigenvalue weighted by molar-refractivity contribution is 5.74. The molecule has 1 aliphatic carbocycles. The molecule has 0 aromatic carbocycles. The van der Waals surface area contributed by atoms with Crippen LogP contribution in [-0.2, 0) is 9.53 Å². The van der Waals surface area contributed by atoms with E-state index in [-0.39, 0.29) is 17.9 Å². The molecule has 0 spiro atoms. The van der Waals surface area contributed by atoms with E-state index in [1.165, 1.54) is 7.11 Å². The van der Waals surface area contributed by atoms with Crippen molar-refractivity contribution in [3.8, 4) is 0 Å². The van der Waals surface area contributed by atoms with E-state index >= 15 is 0 Å². The van der Waals surface area contributed by atoms with Gasteiger partial charge in [0.2, 0.25) is 0 Å². The molecule has 1 saturated carbocycles. The van der Waals surface area contributed by atoms with Gasteiger partial charge in [0.05, 0.1) is 13.0 Å². The number of ether oxygens (including phenoxy) is 1. The number of rotatable bonds is 2. The van der Waals surface area contributed by atoms with Crippen molar-refractivity contribution in [3.05, 3.63) is 0 Å². The molecule has 1 amide bonds. The summed E-state index contributed by atoms with van der Waals surface area (Å²) in [5, 5.41) is 12.7. The van der Waals surface area contributed by atoms with Crippen LogP contribution in [0.4, 0.5) is 4.79 Å². The van der Waals surface area contributed by atoms with Crippen LogP contribution < -0.4 is 10.4 Å². The fourth-order valence-corrected chi connectivity index (χ4v) is 2.12. The number of carboxylic acid groups (broad SMARTS) is 1. The van der Waals surface area contributed by atoms with E-state index in [2.05, 4.69) is 10.1 Å². The van der Waals surface area contributed by atoms with Crippen LogP contribution >= 0.6 is 0 Å². The predicted octanol–water partition coefficient (Wildman–Crippen LogP) is -0.103. The molecule has 15 heavy (non-hydrogen) atoms. The summed E-state index contributed by atoms with van der Waals surface area (Å²) in [6.07, 6.45) is 0.911. The van der Waals surface area contributed by atoms with Crippen LogP contribution in [0.3, 0.4) is 0 Å². The van der Waals surface area contributed by atoms with Crippen LogP contribution in [0, 0.1) is 11.8 Å². The summed E-state index contributed by atoms with van der Waals surface area (Å²) < 4.78 is 4.66. The summed E-state index contributed by atoms with van der Waals surface area (Å²) in [4.78, 5) is 21.9. The second-order valence-corrected chi connectivity index (χ2v) is 4.09. The summed E-state index contributed by atoms with van der Waals surface area (Å²) in [6, 6.07) is -0.362. The standard InChI is InChI=1S/C10H17NO4/c1-6-3-4-8(11-10(13)14)7(5-6)9(12)15-2/h6-8,11H,3-5H2,1-2H3,(H,13,14)/p-1. The van der Waals surface area contributed by atoms with Crippen molar-refractivity contribution >= 4 is 12.1 Å². The Bertz CT molecular complexity index is 254. The first kappa shape index (κ1) is 11.8. The summed E-state index contributed by atoms with van der Waals surface area (Å²) in [5.74, 6) is -0.300. The van der Waals surface area contributed by atoms with E-state index in [4.69, 9.17) is 0 Å². The zero-order valence-corrected chi connectivity index (χ0v) is 8.99. The van der Waals surface area contributed by atoms with Crippen molar-refractivity contribution in [3.63, 3.8) is 0 Å². The molecule has 1 fully saturated rings. The van der Waals surface area contributed by atoms with Gasteiger partial charge in [0.25, 0.3) is 0 Å². The maximum Gasteiger partial charge on any atom is 0.310 e.